The lowest BCUT2D eigenvalue weighted by Gasteiger charge is -2.33. The number of nitrogens with zero attached hydrogens (tertiary/aromatic N) is 2. The molecule has 11 heteroatoms. The van der Waals surface area contributed by atoms with Gasteiger partial charge in [-0.1, -0.05) is 55.2 Å². The molecule has 0 unspecified atom stereocenters. The van der Waals surface area contributed by atoms with Gasteiger partial charge in [0.05, 0.1) is 22.0 Å². The van der Waals surface area contributed by atoms with Crippen molar-refractivity contribution in [3.63, 3.8) is 0 Å². The molecule has 0 saturated carbocycles. The van der Waals surface area contributed by atoms with Crippen LogP contribution < -0.4 is 9.62 Å². The van der Waals surface area contributed by atoms with Crippen LogP contribution in [0.2, 0.25) is 10.0 Å². The van der Waals surface area contributed by atoms with Crippen molar-refractivity contribution in [1.29, 1.82) is 0 Å². The van der Waals surface area contributed by atoms with E-state index in [4.69, 9.17) is 23.2 Å². The lowest BCUT2D eigenvalue weighted by molar-refractivity contribution is -0.140. The molecule has 1 N–H and O–H groups in total. The van der Waals surface area contributed by atoms with Gasteiger partial charge in [-0.3, -0.25) is 13.9 Å². The number of carbonyl (C=O) groups is 2. The van der Waals surface area contributed by atoms with Gasteiger partial charge in [-0.2, -0.15) is 0 Å². The third-order valence-electron chi connectivity index (χ3n) is 5.07. The molecule has 0 aliphatic rings. The van der Waals surface area contributed by atoms with E-state index in [1.54, 1.807) is 49.4 Å². The van der Waals surface area contributed by atoms with Crippen LogP contribution in [0.4, 0.5) is 5.69 Å². The smallest absolute Gasteiger partial charge is 0.244 e. The van der Waals surface area contributed by atoms with Crippen LogP contribution in [0.15, 0.2) is 46.9 Å². The minimum Gasteiger partial charge on any atom is -0.354 e. The summed E-state index contributed by atoms with van der Waals surface area (Å²) in [5, 5.41) is 3.52. The Bertz CT molecular complexity index is 1130. The molecule has 0 bridgehead atoms. The number of hydrogen-bond donors (Lipinski definition) is 1. The summed E-state index contributed by atoms with van der Waals surface area (Å²) in [6.45, 7) is 3.78. The van der Waals surface area contributed by atoms with Crippen molar-refractivity contribution in [1.82, 2.24) is 10.2 Å². The average molecular weight is 593 g/mol. The molecule has 1 atom stereocenters. The molecule has 2 rings (SSSR count). The summed E-state index contributed by atoms with van der Waals surface area (Å²) < 4.78 is 26.8. The zero-order valence-corrected chi connectivity index (χ0v) is 23.1. The largest absolute Gasteiger partial charge is 0.354 e. The Kier molecular flexibility index (Phi) is 10.7. The highest BCUT2D eigenvalue weighted by molar-refractivity contribution is 9.10. The second-order valence-corrected chi connectivity index (χ2v) is 11.3. The predicted octanol–water partition coefficient (Wildman–Crippen LogP) is 4.86. The zero-order chi connectivity index (χ0) is 25.5. The second-order valence-electron chi connectivity index (χ2n) is 7.71. The molecule has 0 radical (unpaired) electrons. The van der Waals surface area contributed by atoms with Crippen LogP contribution in [0.3, 0.4) is 0 Å². The topological polar surface area (TPSA) is 86.8 Å². The maximum absolute atomic E-state index is 13.6. The molecule has 2 aromatic carbocycles. The first-order chi connectivity index (χ1) is 16.0. The third-order valence-corrected chi connectivity index (χ3v) is 7.61. The molecular weight excluding hydrogens is 565 g/mol. The molecule has 2 aromatic rings. The molecule has 0 saturated heterocycles. The van der Waals surface area contributed by atoms with Crippen molar-refractivity contribution in [2.75, 3.05) is 23.7 Å². The van der Waals surface area contributed by atoms with E-state index < -0.39 is 28.5 Å². The summed E-state index contributed by atoms with van der Waals surface area (Å²) in [5.41, 5.74) is 0.993. The van der Waals surface area contributed by atoms with Gasteiger partial charge in [-0.25, -0.2) is 8.42 Å². The number of para-hydroxylation sites is 1. The summed E-state index contributed by atoms with van der Waals surface area (Å²) in [6, 6.07) is 10.9. The van der Waals surface area contributed by atoms with Gasteiger partial charge in [0.25, 0.3) is 0 Å². The van der Waals surface area contributed by atoms with Crippen molar-refractivity contribution in [3.05, 3.63) is 62.5 Å². The molecule has 34 heavy (non-hydrogen) atoms. The summed E-state index contributed by atoms with van der Waals surface area (Å²) >= 11 is 15.5. The first-order valence-electron chi connectivity index (χ1n) is 10.7. The number of amides is 2. The number of benzene rings is 2. The van der Waals surface area contributed by atoms with Crippen molar-refractivity contribution in [2.24, 2.45) is 0 Å². The minimum atomic E-state index is -3.80. The normalized spacial score (nSPS) is 12.2. The molecule has 0 fully saturated rings. The van der Waals surface area contributed by atoms with Gasteiger partial charge in [-0.05, 0) is 58.6 Å². The number of anilines is 1. The van der Waals surface area contributed by atoms with E-state index >= 15 is 0 Å². The Balaban J connectivity index is 2.46. The Labute approximate surface area is 219 Å². The quantitative estimate of drug-likeness (QED) is 0.404. The Morgan fingerprint density at radius 1 is 1.09 bits per heavy atom. The van der Waals surface area contributed by atoms with E-state index in [0.717, 1.165) is 17.0 Å². The first kappa shape index (κ1) is 28.4. The van der Waals surface area contributed by atoms with Crippen LogP contribution in [-0.4, -0.2) is 50.5 Å². The monoisotopic (exact) mass is 591 g/mol. The fourth-order valence-electron chi connectivity index (χ4n) is 3.37. The molecule has 0 aromatic heterocycles. The highest BCUT2D eigenvalue weighted by atomic mass is 79.9. The van der Waals surface area contributed by atoms with Gasteiger partial charge < -0.3 is 10.2 Å². The third kappa shape index (κ3) is 7.60. The molecule has 0 aliphatic carbocycles. The Hall–Kier alpha value is -1.81. The standard InChI is InChI=1S/C23H28BrCl2N3O4S/c1-4-12-27-23(31)20(5-2)28(14-16-10-11-18(25)19(26)13-16)22(30)15-29(34(3,32)33)21-9-7-6-8-17(21)24/h6-11,13,20H,4-5,12,14-15H2,1-3H3,(H,27,31)/t20-/m0/s1. The molecule has 0 spiro atoms. The highest BCUT2D eigenvalue weighted by Gasteiger charge is 2.32. The van der Waals surface area contributed by atoms with Gasteiger partial charge in [0.15, 0.2) is 0 Å². The van der Waals surface area contributed by atoms with Gasteiger partial charge in [0, 0.05) is 17.6 Å². The summed E-state index contributed by atoms with van der Waals surface area (Å²) in [4.78, 5) is 27.9. The van der Waals surface area contributed by atoms with Crippen molar-refractivity contribution < 1.29 is 18.0 Å². The van der Waals surface area contributed by atoms with Crippen molar-refractivity contribution in [3.8, 4) is 0 Å². The lowest BCUT2D eigenvalue weighted by atomic mass is 10.1. The molecule has 7 nitrogen and oxygen atoms in total. The van der Waals surface area contributed by atoms with Crippen LogP contribution >= 0.6 is 39.1 Å². The summed E-state index contributed by atoms with van der Waals surface area (Å²) in [5.74, 6) is -0.824. The molecule has 2 amide bonds. The van der Waals surface area contributed by atoms with Crippen molar-refractivity contribution >= 4 is 66.7 Å². The van der Waals surface area contributed by atoms with E-state index in [9.17, 15) is 18.0 Å². The first-order valence-corrected chi connectivity index (χ1v) is 14.1. The lowest BCUT2D eigenvalue weighted by Crippen LogP contribution is -2.52. The van der Waals surface area contributed by atoms with Crippen LogP contribution in [0, 0.1) is 0 Å². The van der Waals surface area contributed by atoms with E-state index in [-0.39, 0.29) is 12.5 Å². The molecule has 0 aliphatic heterocycles. The fourth-order valence-corrected chi connectivity index (χ4v) is 5.17. The minimum absolute atomic E-state index is 0.0569. The van der Waals surface area contributed by atoms with Gasteiger partial charge in [0.1, 0.15) is 12.6 Å². The number of rotatable bonds is 11. The van der Waals surface area contributed by atoms with Gasteiger partial charge >= 0.3 is 0 Å². The van der Waals surface area contributed by atoms with Crippen LogP contribution in [0.1, 0.15) is 32.3 Å². The van der Waals surface area contributed by atoms with E-state index in [2.05, 4.69) is 21.2 Å². The maximum atomic E-state index is 13.6. The van der Waals surface area contributed by atoms with Gasteiger partial charge in [0.2, 0.25) is 21.8 Å². The summed E-state index contributed by atoms with van der Waals surface area (Å²) in [6.07, 6.45) is 2.12. The summed E-state index contributed by atoms with van der Waals surface area (Å²) in [7, 11) is -3.80. The number of halogens is 3. The second kappa shape index (κ2) is 12.8. The van der Waals surface area contributed by atoms with Crippen molar-refractivity contribution in [2.45, 2.75) is 39.3 Å². The number of hydrogen-bond acceptors (Lipinski definition) is 4. The SMILES string of the molecule is CCCNC(=O)[C@H](CC)N(Cc1ccc(Cl)c(Cl)c1)C(=O)CN(c1ccccc1Br)S(C)(=O)=O. The maximum Gasteiger partial charge on any atom is 0.244 e. The van der Waals surface area contributed by atoms with Crippen LogP contribution in [-0.2, 0) is 26.2 Å². The predicted molar refractivity (Wildman–Crippen MR) is 141 cm³/mol. The number of sulfonamides is 1. The Morgan fingerprint density at radius 3 is 2.32 bits per heavy atom. The molecule has 0 heterocycles. The van der Waals surface area contributed by atoms with Gasteiger partial charge in [-0.15, -0.1) is 0 Å². The Morgan fingerprint density at radius 2 is 1.76 bits per heavy atom. The molecule has 186 valence electrons. The highest BCUT2D eigenvalue weighted by Crippen LogP contribution is 2.28. The number of carbonyl (C=O) groups excluding carboxylic acids is 2. The van der Waals surface area contributed by atoms with E-state index in [1.807, 2.05) is 6.92 Å². The molecular formula is C23H28BrCl2N3O4S. The number of nitrogens with one attached hydrogen (secondary N) is 1. The average Bonchev–Trinajstić information content (AvgIpc) is 2.78. The van der Waals surface area contributed by atoms with Crippen LogP contribution in [0.5, 0.6) is 0 Å². The van der Waals surface area contributed by atoms with E-state index in [1.165, 1.54) is 4.90 Å². The van der Waals surface area contributed by atoms with Crippen LogP contribution in [0.25, 0.3) is 0 Å². The fraction of sp³-hybridized carbons (Fsp3) is 0.391. The van der Waals surface area contributed by atoms with E-state index in [0.29, 0.717) is 38.7 Å². The zero-order valence-electron chi connectivity index (χ0n) is 19.2.